The normalized spacial score (nSPS) is 14.3. The first-order valence-electron chi connectivity index (χ1n) is 9.79. The van der Waals surface area contributed by atoms with Crippen LogP contribution in [0.5, 0.6) is 0 Å². The first-order chi connectivity index (χ1) is 15.3. The average Bonchev–Trinajstić information content (AvgIpc) is 3.43. The summed E-state index contributed by atoms with van der Waals surface area (Å²) in [6.07, 6.45) is 2.91. The van der Waals surface area contributed by atoms with Crippen molar-refractivity contribution in [2.75, 3.05) is 5.73 Å². The Morgan fingerprint density at radius 3 is 2.84 bits per heavy atom. The Kier molecular flexibility index (Phi) is 4.44. The lowest BCUT2D eigenvalue weighted by Gasteiger charge is -2.08. The quantitative estimate of drug-likeness (QED) is 0.524. The van der Waals surface area contributed by atoms with Crippen molar-refractivity contribution in [2.45, 2.75) is 32.4 Å². The average molecular weight is 433 g/mol. The smallest absolute Gasteiger partial charge is 0.272 e. The third-order valence-corrected chi connectivity index (χ3v) is 5.45. The van der Waals surface area contributed by atoms with Gasteiger partial charge in [-0.2, -0.15) is 10.4 Å². The minimum atomic E-state index is -2.78. The Morgan fingerprint density at radius 1 is 1.22 bits per heavy atom. The van der Waals surface area contributed by atoms with E-state index in [0.29, 0.717) is 33.9 Å². The van der Waals surface area contributed by atoms with Gasteiger partial charge in [-0.25, -0.2) is 23.4 Å². The van der Waals surface area contributed by atoms with E-state index in [1.165, 1.54) is 4.68 Å². The number of hydrogen-bond acceptors (Lipinski definition) is 7. The number of nitriles is 1. The molecule has 0 aliphatic carbocycles. The third-order valence-electron chi connectivity index (χ3n) is 5.45. The maximum absolute atomic E-state index is 13.7. The molecule has 2 N–H and O–H groups in total. The second-order valence-electron chi connectivity index (χ2n) is 7.69. The van der Waals surface area contributed by atoms with Gasteiger partial charge in [0, 0.05) is 16.8 Å². The largest absolute Gasteiger partial charge is 0.368 e. The van der Waals surface area contributed by atoms with Crippen LogP contribution in [0.15, 0.2) is 36.7 Å². The summed E-state index contributed by atoms with van der Waals surface area (Å²) in [6, 6.07) is 9.26. The number of fused-ring (bicyclic) bond motifs is 1. The fourth-order valence-corrected chi connectivity index (χ4v) is 3.88. The molecule has 1 aromatic carbocycles. The van der Waals surface area contributed by atoms with Crippen molar-refractivity contribution in [3.8, 4) is 28.7 Å². The van der Waals surface area contributed by atoms with Gasteiger partial charge >= 0.3 is 0 Å². The topological polar surface area (TPSA) is 124 Å². The van der Waals surface area contributed by atoms with Crippen molar-refractivity contribution in [1.29, 1.82) is 5.26 Å². The van der Waals surface area contributed by atoms with Gasteiger partial charge in [0.05, 0.1) is 48.4 Å². The van der Waals surface area contributed by atoms with E-state index in [1.807, 2.05) is 13.0 Å². The minimum Gasteiger partial charge on any atom is -0.368 e. The zero-order valence-electron chi connectivity index (χ0n) is 17.0. The third kappa shape index (κ3) is 3.45. The molecule has 0 bridgehead atoms. The van der Waals surface area contributed by atoms with Crippen LogP contribution in [-0.2, 0) is 19.5 Å². The van der Waals surface area contributed by atoms with Gasteiger partial charge in [-0.1, -0.05) is 17.3 Å². The monoisotopic (exact) mass is 433 g/mol. The van der Waals surface area contributed by atoms with E-state index < -0.39 is 12.5 Å². The van der Waals surface area contributed by atoms with Crippen molar-refractivity contribution >= 4 is 5.95 Å². The van der Waals surface area contributed by atoms with Crippen molar-refractivity contribution < 1.29 is 8.78 Å². The zero-order valence-corrected chi connectivity index (χ0v) is 17.0. The molecule has 0 saturated carbocycles. The molecule has 0 radical (unpaired) electrons. The Morgan fingerprint density at radius 2 is 2.03 bits per heavy atom. The number of alkyl halides is 2. The minimum absolute atomic E-state index is 0.0606. The van der Waals surface area contributed by atoms with Crippen LogP contribution < -0.4 is 5.73 Å². The van der Waals surface area contributed by atoms with Crippen LogP contribution >= 0.6 is 0 Å². The van der Waals surface area contributed by atoms with Gasteiger partial charge in [0.1, 0.15) is 12.2 Å². The maximum Gasteiger partial charge on any atom is 0.272 e. The van der Waals surface area contributed by atoms with E-state index in [9.17, 15) is 14.0 Å². The van der Waals surface area contributed by atoms with Crippen molar-refractivity contribution in [1.82, 2.24) is 34.7 Å². The van der Waals surface area contributed by atoms with Gasteiger partial charge < -0.3 is 5.73 Å². The molecule has 0 fully saturated rings. The molecule has 9 nitrogen and oxygen atoms in total. The fraction of sp³-hybridized carbons (Fsp3) is 0.238. The lowest BCUT2D eigenvalue weighted by molar-refractivity contribution is 0.000878. The molecule has 0 unspecified atom stereocenters. The van der Waals surface area contributed by atoms with E-state index in [-0.39, 0.29) is 18.9 Å². The van der Waals surface area contributed by atoms with E-state index in [4.69, 9.17) is 5.73 Å². The lowest BCUT2D eigenvalue weighted by atomic mass is 10.00. The number of aromatic nitrogens is 7. The molecule has 5 rings (SSSR count). The molecule has 0 saturated heterocycles. The second kappa shape index (κ2) is 7.19. The Balaban J connectivity index is 1.45. The number of anilines is 1. The van der Waals surface area contributed by atoms with Crippen LogP contribution in [0.2, 0.25) is 0 Å². The summed E-state index contributed by atoms with van der Waals surface area (Å²) in [5.41, 5.74) is 10.7. The molecular weight excluding hydrogens is 416 g/mol. The van der Waals surface area contributed by atoms with Crippen molar-refractivity contribution in [2.24, 2.45) is 0 Å². The molecule has 0 spiro atoms. The summed E-state index contributed by atoms with van der Waals surface area (Å²) in [5.74, 6) is -2.72. The van der Waals surface area contributed by atoms with Crippen molar-refractivity contribution in [3.63, 3.8) is 0 Å². The number of rotatable bonds is 4. The molecule has 4 heterocycles. The van der Waals surface area contributed by atoms with Gasteiger partial charge in [-0.05, 0) is 24.6 Å². The van der Waals surface area contributed by atoms with Crippen LogP contribution in [0, 0.1) is 18.3 Å². The summed E-state index contributed by atoms with van der Waals surface area (Å²) in [7, 11) is 0. The highest BCUT2D eigenvalue weighted by atomic mass is 19.3. The molecule has 160 valence electrons. The number of hydrogen-bond donors (Lipinski definition) is 1. The molecule has 0 amide bonds. The van der Waals surface area contributed by atoms with E-state index in [2.05, 4.69) is 31.4 Å². The predicted octanol–water partition coefficient (Wildman–Crippen LogP) is 2.60. The summed E-state index contributed by atoms with van der Waals surface area (Å²) >= 11 is 0. The Bertz CT molecular complexity index is 1380. The van der Waals surface area contributed by atoms with Gasteiger partial charge in [-0.3, -0.25) is 4.68 Å². The predicted molar refractivity (Wildman–Crippen MR) is 110 cm³/mol. The highest BCUT2D eigenvalue weighted by molar-refractivity contribution is 5.71. The van der Waals surface area contributed by atoms with Crippen molar-refractivity contribution in [3.05, 3.63) is 59.0 Å². The maximum atomic E-state index is 13.7. The van der Waals surface area contributed by atoms with Gasteiger partial charge in [0.15, 0.2) is 0 Å². The number of benzene rings is 1. The summed E-state index contributed by atoms with van der Waals surface area (Å²) in [5, 5.41) is 21.6. The van der Waals surface area contributed by atoms with E-state index in [1.54, 1.807) is 35.3 Å². The zero-order chi connectivity index (χ0) is 22.5. The van der Waals surface area contributed by atoms with Crippen LogP contribution in [0.4, 0.5) is 14.7 Å². The molecular formula is C21H17F2N9. The molecule has 1 aliphatic rings. The number of halogens is 2. The van der Waals surface area contributed by atoms with Gasteiger partial charge in [-0.15, -0.1) is 5.10 Å². The van der Waals surface area contributed by atoms with Crippen LogP contribution in [0.25, 0.3) is 22.6 Å². The van der Waals surface area contributed by atoms with Crippen LogP contribution in [0.1, 0.15) is 22.4 Å². The van der Waals surface area contributed by atoms with Gasteiger partial charge in [0.25, 0.3) is 5.92 Å². The van der Waals surface area contributed by atoms with Crippen LogP contribution in [-0.4, -0.2) is 40.7 Å². The Hall–Kier alpha value is -4.20. The number of nitrogen functional groups attached to an aromatic ring is 1. The summed E-state index contributed by atoms with van der Waals surface area (Å²) < 4.78 is 30.2. The molecule has 11 heteroatoms. The molecule has 1 aliphatic heterocycles. The first kappa shape index (κ1) is 19.7. The lowest BCUT2D eigenvalue weighted by Crippen LogP contribution is -2.17. The SMILES string of the molecule is Cc1c(C#N)cccc1-c1cc(-c2cn(Cc3cnn4c3CC(F)(F)C4)nn2)nc(N)n1. The van der Waals surface area contributed by atoms with Crippen LogP contribution in [0.3, 0.4) is 0 Å². The standard InChI is InChI=1S/C21H17F2N9/c1-12-13(7-24)3-2-4-15(12)16-5-17(28-20(25)27-16)18-10-31(30-29-18)9-14-8-26-32-11-21(22,23)6-19(14)32/h2-5,8,10H,6,9,11H2,1H3,(H2,25,27,28). The highest BCUT2D eigenvalue weighted by Crippen LogP contribution is 2.31. The number of nitrogens with two attached hydrogens (primary N) is 1. The van der Waals surface area contributed by atoms with E-state index in [0.717, 1.165) is 11.1 Å². The molecule has 4 aromatic rings. The van der Waals surface area contributed by atoms with E-state index >= 15 is 0 Å². The molecule has 3 aromatic heterocycles. The second-order valence-corrected chi connectivity index (χ2v) is 7.69. The van der Waals surface area contributed by atoms with Gasteiger partial charge in [0.2, 0.25) is 5.95 Å². The Labute approximate surface area is 181 Å². The summed E-state index contributed by atoms with van der Waals surface area (Å²) in [4.78, 5) is 8.57. The number of nitrogens with zero attached hydrogens (tertiary/aromatic N) is 8. The molecule has 0 atom stereocenters. The summed E-state index contributed by atoms with van der Waals surface area (Å²) in [6.45, 7) is 1.70. The highest BCUT2D eigenvalue weighted by Gasteiger charge is 2.39. The fourth-order valence-electron chi connectivity index (χ4n) is 3.88. The molecule has 32 heavy (non-hydrogen) atoms. The first-order valence-corrected chi connectivity index (χ1v) is 9.79.